The van der Waals surface area contributed by atoms with Crippen LogP contribution in [0.2, 0.25) is 0 Å². The predicted molar refractivity (Wildman–Crippen MR) is 69.8 cm³/mol. The van der Waals surface area contributed by atoms with Gasteiger partial charge in [0, 0.05) is 11.3 Å². The molecule has 1 aromatic heterocycles. The normalized spacial score (nSPS) is 9.85. The highest BCUT2D eigenvalue weighted by Gasteiger charge is 2.10. The molecule has 0 spiro atoms. The molecule has 0 N–H and O–H groups in total. The Morgan fingerprint density at radius 3 is 2.90 bits per heavy atom. The Balaban J connectivity index is 2.22. The molecule has 0 atom stereocenters. The molecule has 2 aromatic rings. The van der Waals surface area contributed by atoms with Crippen molar-refractivity contribution < 1.29 is 13.9 Å². The van der Waals surface area contributed by atoms with Gasteiger partial charge in [0.15, 0.2) is 6.29 Å². The van der Waals surface area contributed by atoms with Crippen molar-refractivity contribution in [1.82, 2.24) is 4.98 Å². The van der Waals surface area contributed by atoms with E-state index in [1.165, 1.54) is 12.1 Å². The average Bonchev–Trinajstić information content (AvgIpc) is 2.47. The number of nitriles is 1. The highest BCUT2D eigenvalue weighted by atomic mass is 19.1. The lowest BCUT2D eigenvalue weighted by Crippen LogP contribution is -2.03. The number of halogens is 1. The quantitative estimate of drug-likeness (QED) is 0.801. The van der Waals surface area contributed by atoms with Crippen LogP contribution < -0.4 is 4.74 Å². The first-order chi connectivity index (χ1) is 9.65. The third-order valence-electron chi connectivity index (χ3n) is 2.72. The van der Waals surface area contributed by atoms with E-state index in [-0.39, 0.29) is 29.2 Å². The number of aromatic nitrogens is 1. The molecular weight excluding hydrogens is 259 g/mol. The topological polar surface area (TPSA) is 63.0 Å². The number of benzene rings is 1. The van der Waals surface area contributed by atoms with Gasteiger partial charge in [-0.3, -0.25) is 4.79 Å². The summed E-state index contributed by atoms with van der Waals surface area (Å²) in [5.41, 5.74) is 1.07. The molecule has 0 saturated carbocycles. The molecule has 1 heterocycles. The van der Waals surface area contributed by atoms with Crippen LogP contribution in [0.25, 0.3) is 0 Å². The lowest BCUT2D eigenvalue weighted by molar-refractivity contribution is 0.111. The number of hydrogen-bond acceptors (Lipinski definition) is 4. The first-order valence-corrected chi connectivity index (χ1v) is 5.89. The number of pyridine rings is 1. The van der Waals surface area contributed by atoms with Crippen molar-refractivity contribution in [2.75, 3.05) is 0 Å². The second-order valence-electron chi connectivity index (χ2n) is 4.13. The van der Waals surface area contributed by atoms with Crippen LogP contribution in [0.1, 0.15) is 27.3 Å². The third-order valence-corrected chi connectivity index (χ3v) is 2.72. The fourth-order valence-corrected chi connectivity index (χ4v) is 1.70. The van der Waals surface area contributed by atoms with E-state index in [0.29, 0.717) is 12.0 Å². The van der Waals surface area contributed by atoms with E-state index in [1.807, 2.05) is 0 Å². The van der Waals surface area contributed by atoms with Crippen molar-refractivity contribution in [2.45, 2.75) is 13.5 Å². The van der Waals surface area contributed by atoms with Gasteiger partial charge in [-0.1, -0.05) is 12.1 Å². The molecule has 0 aliphatic heterocycles. The fraction of sp³-hybridized carbons (Fsp3) is 0.133. The smallest absolute Gasteiger partial charge is 0.172 e. The summed E-state index contributed by atoms with van der Waals surface area (Å²) < 4.78 is 19.2. The number of rotatable bonds is 4. The fourth-order valence-electron chi connectivity index (χ4n) is 1.70. The van der Waals surface area contributed by atoms with Crippen molar-refractivity contribution in [3.63, 3.8) is 0 Å². The van der Waals surface area contributed by atoms with Crippen LogP contribution in [0, 0.1) is 24.1 Å². The Kier molecular flexibility index (Phi) is 4.06. The highest BCUT2D eigenvalue weighted by Crippen LogP contribution is 2.19. The Morgan fingerprint density at radius 2 is 2.20 bits per heavy atom. The van der Waals surface area contributed by atoms with Gasteiger partial charge in [0.1, 0.15) is 29.9 Å². The Morgan fingerprint density at radius 1 is 1.40 bits per heavy atom. The minimum Gasteiger partial charge on any atom is -0.486 e. The Hall–Kier alpha value is -2.74. The molecule has 1 aromatic carbocycles. The molecule has 2 rings (SSSR count). The zero-order valence-corrected chi connectivity index (χ0v) is 10.8. The predicted octanol–water partition coefficient (Wildman–Crippen LogP) is 2.79. The molecule has 0 aliphatic carbocycles. The van der Waals surface area contributed by atoms with Crippen molar-refractivity contribution in [3.05, 3.63) is 58.7 Å². The number of nitrogens with zero attached hydrogens (tertiary/aromatic N) is 2. The first-order valence-electron chi connectivity index (χ1n) is 5.89. The van der Waals surface area contributed by atoms with Gasteiger partial charge < -0.3 is 4.74 Å². The summed E-state index contributed by atoms with van der Waals surface area (Å²) in [6, 6.07) is 9.57. The highest BCUT2D eigenvalue weighted by molar-refractivity contribution is 5.76. The van der Waals surface area contributed by atoms with Gasteiger partial charge in [0.25, 0.3) is 0 Å². The van der Waals surface area contributed by atoms with Gasteiger partial charge in [-0.2, -0.15) is 5.26 Å². The summed E-state index contributed by atoms with van der Waals surface area (Å²) >= 11 is 0. The van der Waals surface area contributed by atoms with Crippen molar-refractivity contribution in [2.24, 2.45) is 0 Å². The SMILES string of the molecule is Cc1ccc(OCc2cccc(C#N)c2F)c(C=O)n1. The molecule has 20 heavy (non-hydrogen) atoms. The van der Waals surface area contributed by atoms with E-state index >= 15 is 0 Å². The molecule has 0 amide bonds. The number of carbonyl (C=O) groups excluding carboxylic acids is 1. The van der Waals surface area contributed by atoms with Gasteiger partial charge in [-0.15, -0.1) is 0 Å². The van der Waals surface area contributed by atoms with E-state index in [2.05, 4.69) is 4.98 Å². The standard InChI is InChI=1S/C15H11FN2O2/c1-10-5-6-14(13(8-19)18-10)20-9-12-4-2-3-11(7-17)15(12)16/h2-6,8H,9H2,1H3. The number of ether oxygens (including phenoxy) is 1. The lowest BCUT2D eigenvalue weighted by atomic mass is 10.1. The molecule has 4 nitrogen and oxygen atoms in total. The van der Waals surface area contributed by atoms with Crippen molar-refractivity contribution in [3.8, 4) is 11.8 Å². The van der Waals surface area contributed by atoms with Gasteiger partial charge in [0.2, 0.25) is 0 Å². The second kappa shape index (κ2) is 5.93. The Labute approximate surface area is 115 Å². The Bertz CT molecular complexity index is 693. The van der Waals surface area contributed by atoms with E-state index in [9.17, 15) is 9.18 Å². The summed E-state index contributed by atoms with van der Waals surface area (Å²) in [4.78, 5) is 14.9. The third kappa shape index (κ3) is 2.81. The van der Waals surface area contributed by atoms with Crippen LogP contribution >= 0.6 is 0 Å². The van der Waals surface area contributed by atoms with E-state index in [1.54, 1.807) is 31.2 Å². The van der Waals surface area contributed by atoms with Crippen LogP contribution in [0.3, 0.4) is 0 Å². The van der Waals surface area contributed by atoms with Gasteiger partial charge >= 0.3 is 0 Å². The lowest BCUT2D eigenvalue weighted by Gasteiger charge is -2.09. The number of carbonyl (C=O) groups is 1. The molecule has 0 bridgehead atoms. The largest absolute Gasteiger partial charge is 0.486 e. The minimum absolute atomic E-state index is 0.0382. The summed E-state index contributed by atoms with van der Waals surface area (Å²) in [6.07, 6.45) is 0.588. The van der Waals surface area contributed by atoms with E-state index in [0.717, 1.165) is 0 Å². The second-order valence-corrected chi connectivity index (χ2v) is 4.13. The maximum atomic E-state index is 13.8. The van der Waals surface area contributed by atoms with E-state index < -0.39 is 5.82 Å². The summed E-state index contributed by atoms with van der Waals surface area (Å²) in [7, 11) is 0. The van der Waals surface area contributed by atoms with Crippen LogP contribution in [0.15, 0.2) is 30.3 Å². The molecule has 0 aliphatic rings. The zero-order chi connectivity index (χ0) is 14.5. The van der Waals surface area contributed by atoms with Crippen molar-refractivity contribution >= 4 is 6.29 Å². The van der Waals surface area contributed by atoms with Crippen molar-refractivity contribution in [1.29, 1.82) is 5.26 Å². The maximum Gasteiger partial charge on any atom is 0.172 e. The molecule has 0 fully saturated rings. The first kappa shape index (κ1) is 13.7. The number of hydrogen-bond donors (Lipinski definition) is 0. The summed E-state index contributed by atoms with van der Waals surface area (Å²) in [6.45, 7) is 1.68. The number of aldehydes is 1. The molecular formula is C15H11FN2O2. The minimum atomic E-state index is -0.609. The molecule has 5 heteroatoms. The molecule has 0 radical (unpaired) electrons. The molecule has 0 unspecified atom stereocenters. The zero-order valence-electron chi connectivity index (χ0n) is 10.8. The molecule has 100 valence electrons. The van der Waals surface area contributed by atoms with Crippen LogP contribution in [0.4, 0.5) is 4.39 Å². The van der Waals surface area contributed by atoms with Gasteiger partial charge in [0.05, 0.1) is 5.56 Å². The number of aryl methyl sites for hydroxylation is 1. The summed E-state index contributed by atoms with van der Waals surface area (Å²) in [5, 5.41) is 8.75. The van der Waals surface area contributed by atoms with Crippen LogP contribution in [0.5, 0.6) is 5.75 Å². The van der Waals surface area contributed by atoms with Gasteiger partial charge in [-0.25, -0.2) is 9.37 Å². The molecule has 0 saturated heterocycles. The van der Waals surface area contributed by atoms with E-state index in [4.69, 9.17) is 10.00 Å². The summed E-state index contributed by atoms with van der Waals surface area (Å²) in [5.74, 6) is -0.324. The monoisotopic (exact) mass is 270 g/mol. The van der Waals surface area contributed by atoms with Crippen LogP contribution in [-0.4, -0.2) is 11.3 Å². The van der Waals surface area contributed by atoms with Crippen LogP contribution in [-0.2, 0) is 6.61 Å². The maximum absolute atomic E-state index is 13.8. The van der Waals surface area contributed by atoms with Gasteiger partial charge in [-0.05, 0) is 25.1 Å². The average molecular weight is 270 g/mol.